The number of methoxy groups -OCH3 is 1. The van der Waals surface area contributed by atoms with Crippen molar-refractivity contribution >= 4 is 11.9 Å². The Morgan fingerprint density at radius 3 is 2.81 bits per heavy atom. The Hall–Kier alpha value is -2.44. The fourth-order valence-electron chi connectivity index (χ4n) is 3.50. The van der Waals surface area contributed by atoms with E-state index in [1.165, 1.54) is 7.11 Å². The molecule has 0 saturated carbocycles. The highest BCUT2D eigenvalue weighted by molar-refractivity contribution is 5.82. The number of fused-ring (bicyclic) bond motifs is 1. The van der Waals surface area contributed by atoms with Crippen molar-refractivity contribution < 1.29 is 19.0 Å². The van der Waals surface area contributed by atoms with Crippen molar-refractivity contribution in [2.24, 2.45) is 16.8 Å². The molecule has 0 aromatic heterocycles. The van der Waals surface area contributed by atoms with Crippen LogP contribution in [0.4, 0.5) is 0 Å². The van der Waals surface area contributed by atoms with Gasteiger partial charge in [0.15, 0.2) is 17.5 Å². The topological polar surface area (TPSA) is 72.4 Å². The zero-order valence-corrected chi connectivity index (χ0v) is 16.4. The first kappa shape index (κ1) is 19.3. The van der Waals surface area contributed by atoms with Gasteiger partial charge in [0.05, 0.1) is 32.8 Å². The SMILES string of the molecule is CCNC(=NCc1ccc2c(c1)OCCCO2)N1CC(C)C(C(=O)OC)C1. The van der Waals surface area contributed by atoms with Gasteiger partial charge >= 0.3 is 5.97 Å². The molecule has 1 aromatic rings. The lowest BCUT2D eigenvalue weighted by Crippen LogP contribution is -2.40. The number of likely N-dealkylation sites (tertiary alicyclic amines) is 1. The molecule has 0 bridgehead atoms. The Morgan fingerprint density at radius 2 is 2.07 bits per heavy atom. The van der Waals surface area contributed by atoms with Crippen molar-refractivity contribution in [3.8, 4) is 11.5 Å². The Morgan fingerprint density at radius 1 is 1.30 bits per heavy atom. The fourth-order valence-corrected chi connectivity index (χ4v) is 3.50. The maximum absolute atomic E-state index is 12.0. The number of guanidine groups is 1. The first-order valence-corrected chi connectivity index (χ1v) is 9.62. The number of carbonyl (C=O) groups is 1. The van der Waals surface area contributed by atoms with Crippen LogP contribution in [0.2, 0.25) is 0 Å². The normalized spacial score (nSPS) is 22.3. The molecule has 0 aliphatic carbocycles. The second-order valence-corrected chi connectivity index (χ2v) is 7.01. The van der Waals surface area contributed by atoms with Crippen molar-refractivity contribution in [3.05, 3.63) is 23.8 Å². The third-order valence-corrected chi connectivity index (χ3v) is 4.97. The van der Waals surface area contributed by atoms with Crippen LogP contribution in [-0.4, -0.2) is 56.8 Å². The van der Waals surface area contributed by atoms with E-state index in [9.17, 15) is 4.79 Å². The van der Waals surface area contributed by atoms with Crippen LogP contribution in [-0.2, 0) is 16.1 Å². The minimum atomic E-state index is -0.149. The summed E-state index contributed by atoms with van der Waals surface area (Å²) in [5, 5.41) is 3.33. The summed E-state index contributed by atoms with van der Waals surface area (Å²) in [6.07, 6.45) is 0.890. The minimum absolute atomic E-state index is 0.114. The molecule has 2 aliphatic rings. The standard InChI is InChI=1S/C20H29N3O4/c1-4-21-20(23-12-14(2)16(13-23)19(24)25-3)22-11-15-6-7-17-18(10-15)27-9-5-8-26-17/h6-7,10,14,16H,4-5,8-9,11-13H2,1-3H3,(H,21,22). The molecule has 27 heavy (non-hydrogen) atoms. The molecule has 1 fully saturated rings. The molecule has 2 unspecified atom stereocenters. The first-order chi connectivity index (χ1) is 13.1. The average Bonchev–Trinajstić information content (AvgIpc) is 2.91. The average molecular weight is 375 g/mol. The number of hydrogen-bond donors (Lipinski definition) is 1. The van der Waals surface area contributed by atoms with Crippen molar-refractivity contribution in [2.45, 2.75) is 26.8 Å². The smallest absolute Gasteiger partial charge is 0.310 e. The van der Waals surface area contributed by atoms with E-state index in [1.807, 2.05) is 25.1 Å². The molecule has 0 amide bonds. The molecular formula is C20H29N3O4. The number of esters is 1. The monoisotopic (exact) mass is 375 g/mol. The molecule has 148 valence electrons. The van der Waals surface area contributed by atoms with Crippen molar-refractivity contribution in [1.29, 1.82) is 0 Å². The summed E-state index contributed by atoms with van der Waals surface area (Å²) in [7, 11) is 1.45. The van der Waals surface area contributed by atoms with E-state index < -0.39 is 0 Å². The second-order valence-electron chi connectivity index (χ2n) is 7.01. The van der Waals surface area contributed by atoms with Crippen molar-refractivity contribution in [3.63, 3.8) is 0 Å². The van der Waals surface area contributed by atoms with Gasteiger partial charge in [0.2, 0.25) is 0 Å². The lowest BCUT2D eigenvalue weighted by Gasteiger charge is -2.21. The molecule has 2 atom stereocenters. The zero-order valence-electron chi connectivity index (χ0n) is 16.4. The molecule has 0 radical (unpaired) electrons. The van der Waals surface area contributed by atoms with E-state index in [-0.39, 0.29) is 17.8 Å². The number of benzene rings is 1. The van der Waals surface area contributed by atoms with Gasteiger partial charge in [-0.25, -0.2) is 4.99 Å². The van der Waals surface area contributed by atoms with E-state index in [0.29, 0.717) is 26.3 Å². The van der Waals surface area contributed by atoms with Crippen LogP contribution in [0.15, 0.2) is 23.2 Å². The van der Waals surface area contributed by atoms with Crippen LogP contribution in [0, 0.1) is 11.8 Å². The van der Waals surface area contributed by atoms with Crippen molar-refractivity contribution in [2.75, 3.05) is 40.0 Å². The van der Waals surface area contributed by atoms with Crippen LogP contribution in [0.1, 0.15) is 25.8 Å². The summed E-state index contributed by atoms with van der Waals surface area (Å²) in [5.41, 5.74) is 1.06. The molecule has 0 spiro atoms. The highest BCUT2D eigenvalue weighted by Crippen LogP contribution is 2.30. The largest absolute Gasteiger partial charge is 0.490 e. The van der Waals surface area contributed by atoms with E-state index in [1.54, 1.807) is 0 Å². The lowest BCUT2D eigenvalue weighted by molar-refractivity contribution is -0.145. The summed E-state index contributed by atoms with van der Waals surface area (Å²) in [6, 6.07) is 5.96. The summed E-state index contributed by atoms with van der Waals surface area (Å²) < 4.78 is 16.4. The number of carbonyl (C=O) groups excluding carboxylic acids is 1. The van der Waals surface area contributed by atoms with Gasteiger partial charge in [-0.3, -0.25) is 4.79 Å². The van der Waals surface area contributed by atoms with Crippen LogP contribution in [0.25, 0.3) is 0 Å². The van der Waals surface area contributed by atoms with Gasteiger partial charge in [0.1, 0.15) is 0 Å². The quantitative estimate of drug-likeness (QED) is 0.493. The van der Waals surface area contributed by atoms with Gasteiger partial charge < -0.3 is 24.4 Å². The predicted molar refractivity (Wildman–Crippen MR) is 103 cm³/mol. The van der Waals surface area contributed by atoms with Gasteiger partial charge in [-0.05, 0) is 30.5 Å². The highest BCUT2D eigenvalue weighted by atomic mass is 16.5. The number of nitrogens with zero attached hydrogens (tertiary/aromatic N) is 2. The van der Waals surface area contributed by atoms with Crippen molar-refractivity contribution in [1.82, 2.24) is 10.2 Å². The van der Waals surface area contributed by atoms with E-state index in [2.05, 4.69) is 17.1 Å². The summed E-state index contributed by atoms with van der Waals surface area (Å²) >= 11 is 0. The summed E-state index contributed by atoms with van der Waals surface area (Å²) in [6.45, 7) is 8.19. The van der Waals surface area contributed by atoms with Gasteiger partial charge in [-0.2, -0.15) is 0 Å². The fraction of sp³-hybridized carbons (Fsp3) is 0.600. The Balaban J connectivity index is 1.71. The minimum Gasteiger partial charge on any atom is -0.490 e. The maximum atomic E-state index is 12.0. The molecule has 1 saturated heterocycles. The Labute approximate surface area is 160 Å². The van der Waals surface area contributed by atoms with E-state index >= 15 is 0 Å². The lowest BCUT2D eigenvalue weighted by atomic mass is 9.99. The van der Waals surface area contributed by atoms with Crippen LogP contribution in [0.3, 0.4) is 0 Å². The molecule has 3 rings (SSSR count). The summed E-state index contributed by atoms with van der Waals surface area (Å²) in [4.78, 5) is 18.9. The molecule has 1 N–H and O–H groups in total. The number of nitrogens with one attached hydrogen (secondary N) is 1. The van der Waals surface area contributed by atoms with E-state index in [0.717, 1.165) is 42.5 Å². The van der Waals surface area contributed by atoms with Crippen LogP contribution >= 0.6 is 0 Å². The predicted octanol–water partition coefficient (Wildman–Crippen LogP) is 2.05. The molecule has 7 nitrogen and oxygen atoms in total. The van der Waals surface area contributed by atoms with Crippen LogP contribution < -0.4 is 14.8 Å². The zero-order chi connectivity index (χ0) is 19.2. The molecule has 1 aromatic carbocycles. The van der Waals surface area contributed by atoms with Gasteiger partial charge in [-0.1, -0.05) is 13.0 Å². The second kappa shape index (κ2) is 8.97. The third kappa shape index (κ3) is 4.64. The number of ether oxygens (including phenoxy) is 3. The maximum Gasteiger partial charge on any atom is 0.310 e. The van der Waals surface area contributed by atoms with Gasteiger partial charge in [0.25, 0.3) is 0 Å². The molecule has 2 heterocycles. The Bertz CT molecular complexity index is 692. The number of hydrogen-bond acceptors (Lipinski definition) is 5. The summed E-state index contributed by atoms with van der Waals surface area (Å²) in [5.74, 6) is 2.37. The van der Waals surface area contributed by atoms with Gasteiger partial charge in [0, 0.05) is 26.1 Å². The van der Waals surface area contributed by atoms with Crippen LogP contribution in [0.5, 0.6) is 11.5 Å². The van der Waals surface area contributed by atoms with Gasteiger partial charge in [-0.15, -0.1) is 0 Å². The third-order valence-electron chi connectivity index (χ3n) is 4.97. The Kier molecular flexibility index (Phi) is 6.42. The molecule has 7 heteroatoms. The first-order valence-electron chi connectivity index (χ1n) is 9.62. The molecular weight excluding hydrogens is 346 g/mol. The number of aliphatic imine (C=N–C) groups is 1. The number of rotatable bonds is 4. The van der Waals surface area contributed by atoms with E-state index in [4.69, 9.17) is 19.2 Å². The molecule has 2 aliphatic heterocycles. The highest BCUT2D eigenvalue weighted by Gasteiger charge is 2.36.